The third-order valence-electron chi connectivity index (χ3n) is 5.49. The molecule has 4 rings (SSSR count). The Morgan fingerprint density at radius 2 is 2.03 bits per heavy atom. The summed E-state index contributed by atoms with van der Waals surface area (Å²) in [6.07, 6.45) is 2.42. The van der Waals surface area contributed by atoms with Crippen molar-refractivity contribution in [2.45, 2.75) is 25.9 Å². The first-order valence-electron chi connectivity index (χ1n) is 10.0. The van der Waals surface area contributed by atoms with Gasteiger partial charge in [-0.05, 0) is 37.1 Å². The van der Waals surface area contributed by atoms with E-state index in [0.717, 1.165) is 49.2 Å². The highest BCUT2D eigenvalue weighted by atomic mass is 35.5. The molecule has 0 amide bonds. The van der Waals surface area contributed by atoms with Crippen LogP contribution in [-0.4, -0.2) is 51.4 Å². The number of halogens is 1. The molecule has 0 saturated carbocycles. The second-order valence-corrected chi connectivity index (χ2v) is 7.92. The molecule has 2 aromatic heterocycles. The minimum Gasteiger partial charge on any atom is -0.327 e. The molecular formula is C22H23ClN6O. The largest absolute Gasteiger partial charge is 0.327 e. The lowest BCUT2D eigenvalue weighted by atomic mass is 10.1. The second kappa shape index (κ2) is 8.92. The van der Waals surface area contributed by atoms with Crippen LogP contribution >= 0.6 is 11.6 Å². The Labute approximate surface area is 180 Å². The average Bonchev–Trinajstić information content (AvgIpc) is 3.11. The average molecular weight is 423 g/mol. The first-order valence-corrected chi connectivity index (χ1v) is 10.4. The maximum Gasteiger partial charge on any atom is 0.234 e. The Bertz CT molecular complexity index is 1100. The van der Waals surface area contributed by atoms with Crippen molar-refractivity contribution in [3.63, 3.8) is 0 Å². The van der Waals surface area contributed by atoms with Gasteiger partial charge in [-0.25, -0.2) is 9.97 Å². The first kappa shape index (κ1) is 20.5. The van der Waals surface area contributed by atoms with Crippen molar-refractivity contribution < 1.29 is 4.79 Å². The van der Waals surface area contributed by atoms with Gasteiger partial charge in [0.1, 0.15) is 17.8 Å². The maximum absolute atomic E-state index is 12.7. The molecule has 3 aromatic rings. The van der Waals surface area contributed by atoms with E-state index in [-0.39, 0.29) is 17.6 Å². The van der Waals surface area contributed by atoms with Crippen molar-refractivity contribution in [3.8, 4) is 6.07 Å². The zero-order valence-electron chi connectivity index (χ0n) is 16.8. The van der Waals surface area contributed by atoms with Crippen LogP contribution in [0.5, 0.6) is 0 Å². The van der Waals surface area contributed by atoms with Gasteiger partial charge in [-0.15, -0.1) is 0 Å². The van der Waals surface area contributed by atoms with E-state index >= 15 is 0 Å². The molecule has 0 spiro atoms. The van der Waals surface area contributed by atoms with Crippen LogP contribution in [0.3, 0.4) is 0 Å². The molecule has 1 aromatic carbocycles. The molecule has 0 bridgehead atoms. The minimum atomic E-state index is -0.350. The zero-order chi connectivity index (χ0) is 21.1. The molecule has 30 heavy (non-hydrogen) atoms. The lowest BCUT2D eigenvalue weighted by Gasteiger charge is -2.34. The summed E-state index contributed by atoms with van der Waals surface area (Å²) in [6, 6.07) is 11.4. The molecule has 1 fully saturated rings. The van der Waals surface area contributed by atoms with Crippen LogP contribution in [0.1, 0.15) is 30.0 Å². The van der Waals surface area contributed by atoms with Gasteiger partial charge in [-0.1, -0.05) is 23.7 Å². The van der Waals surface area contributed by atoms with Crippen LogP contribution in [0.15, 0.2) is 36.5 Å². The van der Waals surface area contributed by atoms with Crippen LogP contribution in [-0.2, 0) is 17.8 Å². The predicted molar refractivity (Wildman–Crippen MR) is 115 cm³/mol. The number of aryl methyl sites for hydroxylation is 2. The number of carbonyl (C=O) groups is 1. The van der Waals surface area contributed by atoms with E-state index in [2.05, 4.69) is 24.8 Å². The summed E-state index contributed by atoms with van der Waals surface area (Å²) in [7, 11) is 0. The van der Waals surface area contributed by atoms with Gasteiger partial charge >= 0.3 is 0 Å². The van der Waals surface area contributed by atoms with Crippen molar-refractivity contribution in [1.82, 2.24) is 24.8 Å². The number of fused-ring (bicyclic) bond motifs is 1. The number of ketones is 1. The Morgan fingerprint density at radius 3 is 2.70 bits per heavy atom. The Kier molecular flexibility index (Phi) is 6.09. The van der Waals surface area contributed by atoms with Gasteiger partial charge in [0, 0.05) is 55.0 Å². The summed E-state index contributed by atoms with van der Waals surface area (Å²) >= 11 is 6.01. The number of carbonyl (C=O) groups excluding carboxylic acids is 1. The summed E-state index contributed by atoms with van der Waals surface area (Å²) in [5.74, 6) is 0.224. The number of piperazine rings is 1. The lowest BCUT2D eigenvalue weighted by molar-refractivity contribution is -0.122. The third kappa shape index (κ3) is 4.21. The SMILES string of the molecule is CC(=O)C(c1cc2cnc(C#N)nc2n1CCc1ccc(Cl)cc1)N1CCNCC1. The number of aromatic nitrogens is 3. The Hall–Kier alpha value is -2.79. The quantitative estimate of drug-likeness (QED) is 0.657. The molecule has 1 N–H and O–H groups in total. The number of benzene rings is 1. The molecule has 1 aliphatic rings. The van der Waals surface area contributed by atoms with Crippen molar-refractivity contribution >= 4 is 28.4 Å². The molecule has 1 unspecified atom stereocenters. The number of Topliss-reactive ketones (excluding diaryl/α,β-unsaturated/α-hetero) is 1. The third-order valence-corrected chi connectivity index (χ3v) is 5.74. The van der Waals surface area contributed by atoms with Gasteiger partial charge in [0.15, 0.2) is 5.78 Å². The smallest absolute Gasteiger partial charge is 0.234 e. The van der Waals surface area contributed by atoms with Crippen LogP contribution < -0.4 is 5.32 Å². The fraction of sp³-hybridized carbons (Fsp3) is 0.364. The molecule has 7 nitrogen and oxygen atoms in total. The topological polar surface area (TPSA) is 86.8 Å². The van der Waals surface area contributed by atoms with E-state index in [1.54, 1.807) is 13.1 Å². The van der Waals surface area contributed by atoms with Gasteiger partial charge in [-0.3, -0.25) is 9.69 Å². The van der Waals surface area contributed by atoms with Crippen LogP contribution in [0, 0.1) is 11.3 Å². The molecule has 1 atom stereocenters. The van der Waals surface area contributed by atoms with Crippen molar-refractivity contribution in [3.05, 3.63) is 58.6 Å². The van der Waals surface area contributed by atoms with Crippen molar-refractivity contribution in [2.24, 2.45) is 0 Å². The number of nitriles is 1. The van der Waals surface area contributed by atoms with E-state index in [4.69, 9.17) is 11.6 Å². The lowest BCUT2D eigenvalue weighted by Crippen LogP contribution is -2.47. The summed E-state index contributed by atoms with van der Waals surface area (Å²) in [5, 5.41) is 14.1. The van der Waals surface area contributed by atoms with Gasteiger partial charge < -0.3 is 9.88 Å². The minimum absolute atomic E-state index is 0.0981. The van der Waals surface area contributed by atoms with Crippen LogP contribution in [0.25, 0.3) is 11.0 Å². The zero-order valence-corrected chi connectivity index (χ0v) is 17.6. The van der Waals surface area contributed by atoms with Gasteiger partial charge in [0.25, 0.3) is 0 Å². The predicted octanol–water partition coefficient (Wildman–Crippen LogP) is 2.73. The summed E-state index contributed by atoms with van der Waals surface area (Å²) in [6.45, 7) is 5.59. The fourth-order valence-corrected chi connectivity index (χ4v) is 4.19. The van der Waals surface area contributed by atoms with E-state index in [1.165, 1.54) is 0 Å². The summed E-state index contributed by atoms with van der Waals surface area (Å²) in [4.78, 5) is 23.5. The second-order valence-electron chi connectivity index (χ2n) is 7.48. The molecule has 0 radical (unpaired) electrons. The monoisotopic (exact) mass is 422 g/mol. The number of hydrogen-bond acceptors (Lipinski definition) is 6. The Balaban J connectivity index is 1.76. The van der Waals surface area contributed by atoms with Crippen LogP contribution in [0.4, 0.5) is 0 Å². The highest BCUT2D eigenvalue weighted by Gasteiger charge is 2.30. The fourth-order valence-electron chi connectivity index (χ4n) is 4.06. The standard InChI is InChI=1S/C22H23ClN6O/c1-15(30)21(28-10-7-25-8-11-28)19-12-17-14-26-20(13-24)27-22(17)29(19)9-6-16-2-4-18(23)5-3-16/h2-5,12,14,21,25H,6-11H2,1H3. The van der Waals surface area contributed by atoms with Crippen molar-refractivity contribution in [1.29, 1.82) is 5.26 Å². The maximum atomic E-state index is 12.7. The number of nitrogens with one attached hydrogen (secondary N) is 1. The van der Waals surface area contributed by atoms with Gasteiger partial charge in [-0.2, -0.15) is 5.26 Å². The molecule has 1 aliphatic heterocycles. The van der Waals surface area contributed by atoms with Gasteiger partial charge in [0.05, 0.1) is 0 Å². The summed E-state index contributed by atoms with van der Waals surface area (Å²) < 4.78 is 2.07. The molecule has 3 heterocycles. The van der Waals surface area contributed by atoms with E-state index in [9.17, 15) is 10.1 Å². The van der Waals surface area contributed by atoms with Crippen molar-refractivity contribution in [2.75, 3.05) is 26.2 Å². The molecule has 1 saturated heterocycles. The molecule has 154 valence electrons. The molecular weight excluding hydrogens is 400 g/mol. The number of rotatable bonds is 6. The Morgan fingerprint density at radius 1 is 1.30 bits per heavy atom. The van der Waals surface area contributed by atoms with Gasteiger partial charge in [0.2, 0.25) is 5.82 Å². The molecule has 0 aliphatic carbocycles. The summed E-state index contributed by atoms with van der Waals surface area (Å²) in [5.41, 5.74) is 2.73. The van der Waals surface area contributed by atoms with E-state index in [1.807, 2.05) is 36.4 Å². The highest BCUT2D eigenvalue weighted by Crippen LogP contribution is 2.29. The number of hydrogen-bond donors (Lipinski definition) is 1. The molecule has 8 heteroatoms. The van der Waals surface area contributed by atoms with E-state index in [0.29, 0.717) is 17.2 Å². The number of nitrogens with zero attached hydrogens (tertiary/aromatic N) is 5. The normalized spacial score (nSPS) is 15.8. The van der Waals surface area contributed by atoms with E-state index < -0.39 is 0 Å². The highest BCUT2D eigenvalue weighted by molar-refractivity contribution is 6.30. The van der Waals surface area contributed by atoms with Crippen LogP contribution in [0.2, 0.25) is 5.02 Å². The first-order chi connectivity index (χ1) is 14.6.